The number of carbonyl (C=O) groups excluding carboxylic acids is 1. The van der Waals surface area contributed by atoms with Crippen LogP contribution >= 0.6 is 0 Å². The van der Waals surface area contributed by atoms with E-state index in [1.54, 1.807) is 31.4 Å². The first-order chi connectivity index (χ1) is 16.9. The Kier molecular flexibility index (Phi) is 5.81. The Balaban J connectivity index is 1.54. The highest BCUT2D eigenvalue weighted by Gasteiger charge is 2.27. The predicted octanol–water partition coefficient (Wildman–Crippen LogP) is 3.71. The van der Waals surface area contributed by atoms with Crippen LogP contribution in [0.2, 0.25) is 0 Å². The topological polar surface area (TPSA) is 98.3 Å². The number of anilines is 2. The molecule has 1 fully saturated rings. The highest BCUT2D eigenvalue weighted by molar-refractivity contribution is 6.09. The minimum atomic E-state index is -0.561. The van der Waals surface area contributed by atoms with Crippen LogP contribution in [0.3, 0.4) is 0 Å². The molecule has 3 N–H and O–H groups in total. The summed E-state index contributed by atoms with van der Waals surface area (Å²) in [6.07, 6.45) is 2.50. The molecule has 3 heterocycles. The van der Waals surface area contributed by atoms with Crippen molar-refractivity contribution in [1.29, 1.82) is 0 Å². The summed E-state index contributed by atoms with van der Waals surface area (Å²) in [6, 6.07) is 10.4. The van der Waals surface area contributed by atoms with Crippen molar-refractivity contribution in [3.05, 3.63) is 66.0 Å². The van der Waals surface area contributed by atoms with Crippen LogP contribution in [0.5, 0.6) is 5.75 Å². The molecule has 0 bridgehead atoms. The molecule has 35 heavy (non-hydrogen) atoms. The lowest BCUT2D eigenvalue weighted by Gasteiger charge is -2.23. The number of amides is 1. The second-order valence-electron chi connectivity index (χ2n) is 8.49. The van der Waals surface area contributed by atoms with Crippen molar-refractivity contribution in [3.8, 4) is 17.0 Å². The van der Waals surface area contributed by atoms with Gasteiger partial charge in [0.15, 0.2) is 5.82 Å². The number of carbonyl (C=O) groups is 1. The minimum absolute atomic E-state index is 0.0237. The third-order valence-electron chi connectivity index (χ3n) is 6.06. The highest BCUT2D eigenvalue weighted by Crippen LogP contribution is 2.38. The molecule has 1 atom stereocenters. The Morgan fingerprint density at radius 2 is 2.00 bits per heavy atom. The molecular formula is C25H24F2N6O2. The Morgan fingerprint density at radius 3 is 2.74 bits per heavy atom. The zero-order chi connectivity index (χ0) is 24.7. The largest absolute Gasteiger partial charge is 0.496 e. The van der Waals surface area contributed by atoms with Gasteiger partial charge in [-0.15, -0.1) is 0 Å². The first-order valence-electron chi connectivity index (χ1n) is 11.1. The number of aryl methyl sites for hydroxylation is 1. The highest BCUT2D eigenvalue weighted by atomic mass is 19.1. The number of hydrogen-bond donors (Lipinski definition) is 2. The molecule has 0 saturated carbocycles. The number of rotatable bonds is 5. The van der Waals surface area contributed by atoms with E-state index in [0.717, 1.165) is 6.42 Å². The second-order valence-corrected chi connectivity index (χ2v) is 8.49. The Labute approximate surface area is 200 Å². The number of nitrogens with zero attached hydrogens (tertiary/aromatic N) is 4. The first kappa shape index (κ1) is 22.7. The van der Waals surface area contributed by atoms with Crippen LogP contribution in [-0.4, -0.2) is 46.9 Å². The van der Waals surface area contributed by atoms with Crippen molar-refractivity contribution >= 4 is 28.2 Å². The number of nitrogens with two attached hydrogens (primary N) is 1. The molecule has 180 valence electrons. The normalized spacial score (nSPS) is 15.6. The van der Waals surface area contributed by atoms with Crippen LogP contribution < -0.4 is 20.7 Å². The molecule has 2 aromatic heterocycles. The maximum atomic E-state index is 14.9. The summed E-state index contributed by atoms with van der Waals surface area (Å²) in [5.41, 5.74) is 7.72. The molecular weight excluding hydrogens is 454 g/mol. The van der Waals surface area contributed by atoms with Crippen molar-refractivity contribution in [1.82, 2.24) is 14.8 Å². The average molecular weight is 479 g/mol. The maximum Gasteiger partial charge on any atom is 0.274 e. The summed E-state index contributed by atoms with van der Waals surface area (Å²) in [7, 11) is 3.15. The molecule has 0 aliphatic carbocycles. The Bertz CT molecular complexity index is 1440. The molecule has 8 nitrogen and oxygen atoms in total. The SMILES string of the molecule is COc1cccc(F)c1-c1cccc(C(=O)Nc2cc(F)c3nn(C)cc3c2N2CC[C@H](N)C2)n1. The lowest BCUT2D eigenvalue weighted by molar-refractivity contribution is 0.102. The van der Waals surface area contributed by atoms with Crippen LogP contribution in [0, 0.1) is 11.6 Å². The zero-order valence-electron chi connectivity index (χ0n) is 19.3. The van der Waals surface area contributed by atoms with Crippen molar-refractivity contribution in [2.45, 2.75) is 12.5 Å². The number of hydrogen-bond acceptors (Lipinski definition) is 6. The van der Waals surface area contributed by atoms with Crippen molar-refractivity contribution < 1.29 is 18.3 Å². The average Bonchev–Trinajstić information content (AvgIpc) is 3.44. The number of nitrogens with one attached hydrogen (secondary N) is 1. The summed E-state index contributed by atoms with van der Waals surface area (Å²) in [5, 5.41) is 7.60. The van der Waals surface area contributed by atoms with Gasteiger partial charge in [0.2, 0.25) is 0 Å². The number of ether oxygens (including phenoxy) is 1. The summed E-state index contributed by atoms with van der Waals surface area (Å²) < 4.78 is 36.3. The summed E-state index contributed by atoms with van der Waals surface area (Å²) in [5.74, 6) is -1.34. The number of halogens is 2. The summed E-state index contributed by atoms with van der Waals surface area (Å²) in [6.45, 7) is 1.24. The fourth-order valence-electron chi connectivity index (χ4n) is 4.48. The Morgan fingerprint density at radius 1 is 1.20 bits per heavy atom. The van der Waals surface area contributed by atoms with Gasteiger partial charge in [-0.2, -0.15) is 5.10 Å². The standard InChI is InChI=1S/C25H24F2N6O2/c1-32-13-15-23(31-32)17(27)11-20(24(15)33-10-9-14(28)12-33)30-25(34)19-7-4-6-18(29-19)22-16(26)5-3-8-21(22)35-2/h3-8,11,13-14H,9-10,12,28H2,1-2H3,(H,30,34)/t14-/m0/s1. The van der Waals surface area contributed by atoms with E-state index in [1.165, 1.54) is 36.1 Å². The van der Waals surface area contributed by atoms with E-state index in [1.807, 2.05) is 4.90 Å². The lowest BCUT2D eigenvalue weighted by Crippen LogP contribution is -2.27. The van der Waals surface area contributed by atoms with E-state index in [4.69, 9.17) is 10.5 Å². The van der Waals surface area contributed by atoms with Crippen LogP contribution in [-0.2, 0) is 7.05 Å². The van der Waals surface area contributed by atoms with Gasteiger partial charge in [-0.05, 0) is 30.7 Å². The summed E-state index contributed by atoms with van der Waals surface area (Å²) in [4.78, 5) is 19.6. The zero-order valence-corrected chi connectivity index (χ0v) is 19.3. The third-order valence-corrected chi connectivity index (χ3v) is 6.06. The summed E-state index contributed by atoms with van der Waals surface area (Å²) >= 11 is 0. The quantitative estimate of drug-likeness (QED) is 0.454. The molecule has 5 rings (SSSR count). The van der Waals surface area contributed by atoms with E-state index >= 15 is 0 Å². The number of fused-ring (bicyclic) bond motifs is 1. The molecule has 1 aliphatic heterocycles. The first-order valence-corrected chi connectivity index (χ1v) is 11.1. The lowest BCUT2D eigenvalue weighted by atomic mass is 10.1. The molecule has 1 saturated heterocycles. The molecule has 1 amide bonds. The van der Waals surface area contributed by atoms with Gasteiger partial charge in [0, 0.05) is 43.8 Å². The predicted molar refractivity (Wildman–Crippen MR) is 130 cm³/mol. The fourth-order valence-corrected chi connectivity index (χ4v) is 4.48. The minimum Gasteiger partial charge on any atom is -0.496 e. The second kappa shape index (κ2) is 8.95. The van der Waals surface area contributed by atoms with Crippen LogP contribution in [0.1, 0.15) is 16.9 Å². The van der Waals surface area contributed by atoms with Crippen LogP contribution in [0.25, 0.3) is 22.2 Å². The molecule has 0 radical (unpaired) electrons. The van der Waals surface area contributed by atoms with Crippen LogP contribution in [0.4, 0.5) is 20.2 Å². The fraction of sp³-hybridized carbons (Fsp3) is 0.240. The van der Waals surface area contributed by atoms with Gasteiger partial charge >= 0.3 is 0 Å². The number of aromatic nitrogens is 3. The van der Waals surface area contributed by atoms with Crippen molar-refractivity contribution in [2.75, 3.05) is 30.4 Å². The van der Waals surface area contributed by atoms with E-state index in [9.17, 15) is 13.6 Å². The van der Waals surface area contributed by atoms with E-state index < -0.39 is 17.5 Å². The van der Waals surface area contributed by atoms with E-state index in [2.05, 4.69) is 15.4 Å². The van der Waals surface area contributed by atoms with E-state index in [-0.39, 0.29) is 34.2 Å². The molecule has 0 spiro atoms. The van der Waals surface area contributed by atoms with Gasteiger partial charge < -0.3 is 20.7 Å². The Hall–Kier alpha value is -4.05. The van der Waals surface area contributed by atoms with Crippen molar-refractivity contribution in [3.63, 3.8) is 0 Å². The van der Waals surface area contributed by atoms with Gasteiger partial charge in [0.1, 0.15) is 22.8 Å². The van der Waals surface area contributed by atoms with Gasteiger partial charge in [-0.1, -0.05) is 12.1 Å². The maximum absolute atomic E-state index is 14.9. The molecule has 0 unspecified atom stereocenters. The van der Waals surface area contributed by atoms with E-state index in [0.29, 0.717) is 29.9 Å². The molecule has 4 aromatic rings. The number of pyridine rings is 1. The van der Waals surface area contributed by atoms with Gasteiger partial charge in [0.05, 0.1) is 29.7 Å². The number of methoxy groups -OCH3 is 1. The van der Waals surface area contributed by atoms with Crippen LogP contribution in [0.15, 0.2) is 48.7 Å². The van der Waals surface area contributed by atoms with Gasteiger partial charge in [-0.25, -0.2) is 13.8 Å². The molecule has 10 heteroatoms. The smallest absolute Gasteiger partial charge is 0.274 e. The van der Waals surface area contributed by atoms with Gasteiger partial charge in [0.25, 0.3) is 5.91 Å². The third kappa shape index (κ3) is 4.17. The number of benzene rings is 2. The molecule has 1 aliphatic rings. The molecule has 2 aromatic carbocycles. The monoisotopic (exact) mass is 478 g/mol. The van der Waals surface area contributed by atoms with Crippen molar-refractivity contribution in [2.24, 2.45) is 12.8 Å². The van der Waals surface area contributed by atoms with Gasteiger partial charge in [-0.3, -0.25) is 9.48 Å².